The monoisotopic (exact) mass is 231 g/mol. The molecule has 0 bridgehead atoms. The molecule has 2 rings (SSSR count). The molecule has 1 N–H and O–H groups in total. The minimum atomic E-state index is 0.819. The molecule has 1 aliphatic rings. The average molecular weight is 231 g/mol. The molecule has 1 saturated carbocycles. The molecule has 1 aromatic carbocycles. The third-order valence-corrected chi connectivity index (χ3v) is 3.04. The zero-order valence-electron chi connectivity index (χ0n) is 10.0. The second-order valence-electron chi connectivity index (χ2n) is 4.20. The first-order valence-electron chi connectivity index (χ1n) is 5.89. The molecule has 0 amide bonds. The highest BCUT2D eigenvalue weighted by Gasteiger charge is 2.13. The SMILES string of the molecule is COc1cccc(/C=C2\CCCC\C2=N/O)c1. The van der Waals surface area contributed by atoms with Gasteiger partial charge in [-0.15, -0.1) is 0 Å². The molecular formula is C14H17NO2. The lowest BCUT2D eigenvalue weighted by Gasteiger charge is -2.15. The van der Waals surface area contributed by atoms with E-state index in [-0.39, 0.29) is 0 Å². The Morgan fingerprint density at radius 2 is 2.12 bits per heavy atom. The number of ether oxygens (including phenoxy) is 1. The van der Waals surface area contributed by atoms with Gasteiger partial charge in [0.1, 0.15) is 5.75 Å². The van der Waals surface area contributed by atoms with E-state index in [2.05, 4.69) is 11.2 Å². The molecule has 3 nitrogen and oxygen atoms in total. The Hall–Kier alpha value is -1.77. The predicted octanol–water partition coefficient (Wildman–Crippen LogP) is 3.48. The summed E-state index contributed by atoms with van der Waals surface area (Å²) in [6.45, 7) is 0. The van der Waals surface area contributed by atoms with Crippen LogP contribution in [0.15, 0.2) is 35.0 Å². The second-order valence-corrected chi connectivity index (χ2v) is 4.20. The van der Waals surface area contributed by atoms with Crippen molar-refractivity contribution in [3.05, 3.63) is 35.4 Å². The molecule has 0 spiro atoms. The number of allylic oxidation sites excluding steroid dienone is 1. The van der Waals surface area contributed by atoms with Gasteiger partial charge in [-0.05, 0) is 55.0 Å². The van der Waals surface area contributed by atoms with Gasteiger partial charge in [0.15, 0.2) is 0 Å². The summed E-state index contributed by atoms with van der Waals surface area (Å²) in [4.78, 5) is 0. The van der Waals surface area contributed by atoms with Crippen molar-refractivity contribution < 1.29 is 9.94 Å². The highest BCUT2D eigenvalue weighted by Crippen LogP contribution is 2.24. The molecule has 1 fully saturated rings. The second kappa shape index (κ2) is 5.53. The van der Waals surface area contributed by atoms with E-state index in [0.29, 0.717) is 0 Å². The molecule has 0 atom stereocenters. The first-order chi connectivity index (χ1) is 8.33. The summed E-state index contributed by atoms with van der Waals surface area (Å²) in [6, 6.07) is 7.89. The number of nitrogens with zero attached hydrogens (tertiary/aromatic N) is 1. The van der Waals surface area contributed by atoms with Crippen LogP contribution in [-0.4, -0.2) is 18.0 Å². The van der Waals surface area contributed by atoms with Crippen LogP contribution in [0.25, 0.3) is 6.08 Å². The summed E-state index contributed by atoms with van der Waals surface area (Å²) in [5, 5.41) is 12.3. The number of methoxy groups -OCH3 is 1. The molecular weight excluding hydrogens is 214 g/mol. The van der Waals surface area contributed by atoms with E-state index >= 15 is 0 Å². The predicted molar refractivity (Wildman–Crippen MR) is 68.7 cm³/mol. The van der Waals surface area contributed by atoms with Crippen LogP contribution in [0, 0.1) is 0 Å². The quantitative estimate of drug-likeness (QED) is 0.625. The van der Waals surface area contributed by atoms with E-state index in [0.717, 1.165) is 48.3 Å². The summed E-state index contributed by atoms with van der Waals surface area (Å²) < 4.78 is 5.19. The maximum atomic E-state index is 8.96. The van der Waals surface area contributed by atoms with Crippen molar-refractivity contribution in [2.24, 2.45) is 5.16 Å². The first kappa shape index (κ1) is 11.7. The Labute approximate surface area is 101 Å². The summed E-state index contributed by atoms with van der Waals surface area (Å²) in [6.07, 6.45) is 6.20. The lowest BCUT2D eigenvalue weighted by molar-refractivity contribution is 0.316. The molecule has 0 aromatic heterocycles. The average Bonchev–Trinajstić information content (AvgIpc) is 2.39. The Balaban J connectivity index is 2.27. The van der Waals surface area contributed by atoms with Crippen LogP contribution in [0.5, 0.6) is 5.75 Å². The van der Waals surface area contributed by atoms with Gasteiger partial charge in [0.25, 0.3) is 0 Å². The van der Waals surface area contributed by atoms with Crippen molar-refractivity contribution in [2.45, 2.75) is 25.7 Å². The third kappa shape index (κ3) is 2.87. The summed E-state index contributed by atoms with van der Waals surface area (Å²) in [7, 11) is 1.66. The van der Waals surface area contributed by atoms with Crippen molar-refractivity contribution in [1.29, 1.82) is 0 Å². The molecule has 1 aliphatic carbocycles. The number of hydrogen-bond acceptors (Lipinski definition) is 3. The maximum Gasteiger partial charge on any atom is 0.119 e. The molecule has 0 radical (unpaired) electrons. The van der Waals surface area contributed by atoms with E-state index in [1.165, 1.54) is 0 Å². The van der Waals surface area contributed by atoms with E-state index in [1.807, 2.05) is 24.3 Å². The van der Waals surface area contributed by atoms with Gasteiger partial charge in [-0.1, -0.05) is 17.3 Å². The summed E-state index contributed by atoms with van der Waals surface area (Å²) in [5.74, 6) is 0.845. The zero-order valence-corrected chi connectivity index (χ0v) is 10.0. The van der Waals surface area contributed by atoms with Crippen molar-refractivity contribution in [3.8, 4) is 5.75 Å². The first-order valence-corrected chi connectivity index (χ1v) is 5.89. The Bertz CT molecular complexity index is 449. The van der Waals surface area contributed by atoms with Gasteiger partial charge in [0, 0.05) is 0 Å². The van der Waals surface area contributed by atoms with Crippen LogP contribution < -0.4 is 4.74 Å². The zero-order chi connectivity index (χ0) is 12.1. The molecule has 17 heavy (non-hydrogen) atoms. The summed E-state index contributed by atoms with van der Waals surface area (Å²) in [5.41, 5.74) is 3.04. The lowest BCUT2D eigenvalue weighted by atomic mass is 9.91. The third-order valence-electron chi connectivity index (χ3n) is 3.04. The van der Waals surface area contributed by atoms with Crippen LogP contribution in [0.2, 0.25) is 0 Å². The molecule has 1 aromatic rings. The fraction of sp³-hybridized carbons (Fsp3) is 0.357. The van der Waals surface area contributed by atoms with Crippen molar-refractivity contribution >= 4 is 11.8 Å². The van der Waals surface area contributed by atoms with Crippen molar-refractivity contribution in [1.82, 2.24) is 0 Å². The number of hydrogen-bond donors (Lipinski definition) is 1. The van der Waals surface area contributed by atoms with Gasteiger partial charge in [0.05, 0.1) is 12.8 Å². The van der Waals surface area contributed by atoms with Crippen molar-refractivity contribution in [3.63, 3.8) is 0 Å². The van der Waals surface area contributed by atoms with Gasteiger partial charge >= 0.3 is 0 Å². The molecule has 90 valence electrons. The van der Waals surface area contributed by atoms with E-state index < -0.39 is 0 Å². The van der Waals surface area contributed by atoms with E-state index in [9.17, 15) is 0 Å². The Morgan fingerprint density at radius 1 is 1.29 bits per heavy atom. The Morgan fingerprint density at radius 3 is 2.88 bits per heavy atom. The van der Waals surface area contributed by atoms with Gasteiger partial charge in [-0.3, -0.25) is 0 Å². The van der Waals surface area contributed by atoms with Gasteiger partial charge in [0.2, 0.25) is 0 Å². The van der Waals surface area contributed by atoms with E-state index in [4.69, 9.17) is 9.94 Å². The van der Waals surface area contributed by atoms with Crippen LogP contribution in [0.3, 0.4) is 0 Å². The highest BCUT2D eigenvalue weighted by molar-refractivity contribution is 6.03. The standard InChI is InChI=1S/C14H17NO2/c1-17-13-7-4-5-11(10-13)9-12-6-2-3-8-14(12)15-16/h4-5,7,9-10,16H,2-3,6,8H2,1H3/b12-9+,15-14+. The Kier molecular flexibility index (Phi) is 3.81. The van der Waals surface area contributed by atoms with Crippen LogP contribution in [-0.2, 0) is 0 Å². The van der Waals surface area contributed by atoms with Gasteiger partial charge in [-0.2, -0.15) is 0 Å². The fourth-order valence-corrected chi connectivity index (χ4v) is 2.11. The largest absolute Gasteiger partial charge is 0.497 e. The number of benzene rings is 1. The topological polar surface area (TPSA) is 41.8 Å². The molecule has 0 heterocycles. The van der Waals surface area contributed by atoms with Crippen LogP contribution >= 0.6 is 0 Å². The van der Waals surface area contributed by atoms with Gasteiger partial charge < -0.3 is 9.94 Å². The highest BCUT2D eigenvalue weighted by atomic mass is 16.5. The minimum Gasteiger partial charge on any atom is -0.497 e. The van der Waals surface area contributed by atoms with Gasteiger partial charge in [-0.25, -0.2) is 0 Å². The minimum absolute atomic E-state index is 0.819. The molecule has 0 saturated heterocycles. The lowest BCUT2D eigenvalue weighted by Crippen LogP contribution is -2.08. The smallest absolute Gasteiger partial charge is 0.119 e. The number of rotatable bonds is 2. The fourth-order valence-electron chi connectivity index (χ4n) is 2.11. The maximum absolute atomic E-state index is 8.96. The number of oxime groups is 1. The normalized spacial score (nSPS) is 20.8. The van der Waals surface area contributed by atoms with Crippen LogP contribution in [0.4, 0.5) is 0 Å². The molecule has 3 heteroatoms. The van der Waals surface area contributed by atoms with Crippen LogP contribution in [0.1, 0.15) is 31.2 Å². The van der Waals surface area contributed by atoms with E-state index in [1.54, 1.807) is 7.11 Å². The van der Waals surface area contributed by atoms with Crippen molar-refractivity contribution in [2.75, 3.05) is 7.11 Å². The molecule has 0 unspecified atom stereocenters. The molecule has 0 aliphatic heterocycles. The summed E-state index contributed by atoms with van der Waals surface area (Å²) >= 11 is 0.